The molecule has 5 nitrogen and oxygen atoms in total. The van der Waals surface area contributed by atoms with Crippen molar-refractivity contribution < 1.29 is 14.0 Å². The summed E-state index contributed by atoms with van der Waals surface area (Å²) >= 11 is 12.3. The van der Waals surface area contributed by atoms with Crippen molar-refractivity contribution in [1.82, 2.24) is 9.88 Å². The molecule has 1 amide bonds. The lowest BCUT2D eigenvalue weighted by Gasteiger charge is -2.40. The van der Waals surface area contributed by atoms with Crippen LogP contribution in [0, 0.1) is 17.7 Å². The second kappa shape index (κ2) is 8.03. The molecule has 2 aromatic rings. The molecule has 33 heavy (non-hydrogen) atoms. The van der Waals surface area contributed by atoms with Gasteiger partial charge in [0.1, 0.15) is 11.3 Å². The number of Topliss-reactive ketones (excluding diaryl/α,β-unsaturated/α-hetero) is 1. The summed E-state index contributed by atoms with van der Waals surface area (Å²) in [4.78, 5) is 33.4. The number of fused-ring (bicyclic) bond motifs is 3. The van der Waals surface area contributed by atoms with Gasteiger partial charge in [-0.2, -0.15) is 0 Å². The molecule has 4 aliphatic rings. The molecule has 6 rings (SSSR count). The number of nitrogens with zero attached hydrogens (tertiary/aromatic N) is 2. The summed E-state index contributed by atoms with van der Waals surface area (Å²) in [6.45, 7) is 0.709. The van der Waals surface area contributed by atoms with Gasteiger partial charge in [0.15, 0.2) is 11.0 Å². The molecule has 1 spiro atoms. The number of carbonyl (C=O) groups is 2. The summed E-state index contributed by atoms with van der Waals surface area (Å²) in [6.07, 6.45) is 5.69. The van der Waals surface area contributed by atoms with Gasteiger partial charge in [-0.3, -0.25) is 14.5 Å². The highest BCUT2D eigenvalue weighted by atomic mass is 35.5. The van der Waals surface area contributed by atoms with Crippen LogP contribution >= 0.6 is 23.2 Å². The third-order valence-electron chi connectivity index (χ3n) is 7.72. The summed E-state index contributed by atoms with van der Waals surface area (Å²) in [6, 6.07) is 6.80. The van der Waals surface area contributed by atoms with E-state index in [0.29, 0.717) is 29.6 Å². The minimum atomic E-state index is -1.19. The molecule has 0 radical (unpaired) electrons. The van der Waals surface area contributed by atoms with E-state index in [9.17, 15) is 9.59 Å². The Morgan fingerprint density at radius 1 is 1.18 bits per heavy atom. The molecule has 0 bridgehead atoms. The van der Waals surface area contributed by atoms with Gasteiger partial charge in [0, 0.05) is 53.3 Å². The molecule has 1 N–H and O–H groups in total. The number of pyridine rings is 1. The van der Waals surface area contributed by atoms with Crippen molar-refractivity contribution in [2.75, 3.05) is 11.9 Å². The highest BCUT2D eigenvalue weighted by Gasteiger charge is 2.69. The molecule has 4 atom stereocenters. The number of hydrogen-bond acceptors (Lipinski definition) is 4. The van der Waals surface area contributed by atoms with E-state index < -0.39 is 23.2 Å². The van der Waals surface area contributed by atoms with Gasteiger partial charge < -0.3 is 5.32 Å². The van der Waals surface area contributed by atoms with Gasteiger partial charge in [-0.1, -0.05) is 36.7 Å². The topological polar surface area (TPSA) is 62.3 Å². The van der Waals surface area contributed by atoms with Gasteiger partial charge >= 0.3 is 0 Å². The first kappa shape index (κ1) is 22.8. The number of aromatic nitrogens is 1. The van der Waals surface area contributed by atoms with E-state index in [4.69, 9.17) is 23.2 Å². The molecule has 1 aromatic carbocycles. The number of likely N-dealkylation sites (tertiary alicyclic amines) is 1. The molecular weight excluding hydrogens is 464 g/mol. The van der Waals surface area contributed by atoms with Crippen LogP contribution in [0.1, 0.15) is 56.6 Å². The van der Waals surface area contributed by atoms with E-state index in [0.717, 1.165) is 31.2 Å². The Hall–Kier alpha value is -2.02. The highest BCUT2D eigenvalue weighted by molar-refractivity contribution is 6.31. The van der Waals surface area contributed by atoms with Gasteiger partial charge in [-0.25, -0.2) is 9.37 Å². The third kappa shape index (κ3) is 3.17. The average molecular weight is 490 g/mol. The van der Waals surface area contributed by atoms with Gasteiger partial charge in [0.25, 0.3) is 0 Å². The van der Waals surface area contributed by atoms with Crippen LogP contribution in [0.5, 0.6) is 0 Å². The number of carbonyl (C=O) groups excluding carboxylic acids is 2. The number of amides is 1. The van der Waals surface area contributed by atoms with Crippen LogP contribution in [0.4, 0.5) is 10.1 Å². The molecule has 2 aliphatic carbocycles. The lowest BCUT2D eigenvalue weighted by molar-refractivity contribution is -0.128. The molecule has 174 valence electrons. The third-order valence-corrected chi connectivity index (χ3v) is 8.22. The molecule has 8 heteroatoms. The molecule has 3 heterocycles. The van der Waals surface area contributed by atoms with E-state index in [1.165, 1.54) is 6.20 Å². The van der Waals surface area contributed by atoms with E-state index in [1.807, 2.05) is 6.07 Å². The number of nitrogens with one attached hydrogen (secondary N) is 1. The summed E-state index contributed by atoms with van der Waals surface area (Å²) in [5.41, 5.74) is 0.474. The fraction of sp³-hybridized carbons (Fsp3) is 0.480. The SMILES string of the molecule is C.O=C1CCC[C@H]2[C@@H]1[C@H](c1ccnc(Cl)c1F)[C@]1(C(=O)Nc3cc(Cl)ccc31)N2CC1CC1. The summed E-state index contributed by atoms with van der Waals surface area (Å²) < 4.78 is 15.5. The number of rotatable bonds is 3. The average Bonchev–Trinajstić information content (AvgIpc) is 3.47. The molecule has 1 aromatic heterocycles. The Morgan fingerprint density at radius 2 is 1.97 bits per heavy atom. The largest absolute Gasteiger partial charge is 0.324 e. The van der Waals surface area contributed by atoms with Crippen molar-refractivity contribution in [2.45, 2.75) is 57.0 Å². The second-order valence-electron chi connectivity index (χ2n) is 9.44. The Labute approximate surface area is 202 Å². The summed E-state index contributed by atoms with van der Waals surface area (Å²) in [5, 5.41) is 3.27. The van der Waals surface area contributed by atoms with Crippen molar-refractivity contribution in [3.05, 3.63) is 57.6 Å². The molecule has 2 aliphatic heterocycles. The number of anilines is 1. The maximum atomic E-state index is 15.5. The minimum Gasteiger partial charge on any atom is -0.324 e. The highest BCUT2D eigenvalue weighted by Crippen LogP contribution is 2.62. The van der Waals surface area contributed by atoms with Crippen molar-refractivity contribution >= 4 is 40.6 Å². The lowest BCUT2D eigenvalue weighted by atomic mass is 9.68. The molecule has 3 fully saturated rings. The Bertz CT molecular complexity index is 1150. The van der Waals surface area contributed by atoms with E-state index in [1.54, 1.807) is 18.2 Å². The lowest BCUT2D eigenvalue weighted by Crippen LogP contribution is -2.52. The fourth-order valence-electron chi connectivity index (χ4n) is 6.34. The Kier molecular flexibility index (Phi) is 5.54. The predicted molar refractivity (Wildman–Crippen MR) is 126 cm³/mol. The quantitative estimate of drug-likeness (QED) is 0.573. The molecule has 0 unspecified atom stereocenters. The first-order valence-corrected chi connectivity index (χ1v) is 11.9. The van der Waals surface area contributed by atoms with Crippen molar-refractivity contribution in [3.8, 4) is 0 Å². The number of benzene rings is 1. The van der Waals surface area contributed by atoms with Crippen LogP contribution in [0.15, 0.2) is 30.5 Å². The first-order valence-electron chi connectivity index (χ1n) is 11.1. The maximum absolute atomic E-state index is 15.5. The van der Waals surface area contributed by atoms with Crippen LogP contribution in [0.25, 0.3) is 0 Å². The fourth-order valence-corrected chi connectivity index (χ4v) is 6.68. The second-order valence-corrected chi connectivity index (χ2v) is 10.2. The van der Waals surface area contributed by atoms with Crippen LogP contribution in [-0.4, -0.2) is 34.2 Å². The van der Waals surface area contributed by atoms with Crippen molar-refractivity contribution in [3.63, 3.8) is 0 Å². The number of halogens is 3. The van der Waals surface area contributed by atoms with Gasteiger partial charge in [-0.15, -0.1) is 0 Å². The Morgan fingerprint density at radius 3 is 2.73 bits per heavy atom. The van der Waals surface area contributed by atoms with Crippen LogP contribution in [0.2, 0.25) is 10.2 Å². The smallest absolute Gasteiger partial charge is 0.250 e. The Balaban J connectivity index is 0.00000228. The number of hydrogen-bond donors (Lipinski definition) is 1. The van der Waals surface area contributed by atoms with E-state index >= 15 is 4.39 Å². The van der Waals surface area contributed by atoms with Gasteiger partial charge in [0.05, 0.1) is 0 Å². The zero-order valence-electron chi connectivity index (χ0n) is 17.3. The normalized spacial score (nSPS) is 30.7. The first-order chi connectivity index (χ1) is 15.4. The maximum Gasteiger partial charge on any atom is 0.250 e. The monoisotopic (exact) mass is 489 g/mol. The van der Waals surface area contributed by atoms with Crippen molar-refractivity contribution in [2.24, 2.45) is 11.8 Å². The predicted octanol–water partition coefficient (Wildman–Crippen LogP) is 5.56. The molecule has 1 saturated heterocycles. The van der Waals surface area contributed by atoms with Gasteiger partial charge in [0.2, 0.25) is 5.91 Å². The summed E-state index contributed by atoms with van der Waals surface area (Å²) in [5.74, 6) is -1.48. The zero-order chi connectivity index (χ0) is 22.2. The van der Waals surface area contributed by atoms with Crippen LogP contribution in [0.3, 0.4) is 0 Å². The van der Waals surface area contributed by atoms with E-state index in [2.05, 4.69) is 15.2 Å². The molecular formula is C25H26Cl2FN3O2. The van der Waals surface area contributed by atoms with Crippen LogP contribution < -0.4 is 5.32 Å². The van der Waals surface area contributed by atoms with Gasteiger partial charge in [-0.05, 0) is 55.4 Å². The summed E-state index contributed by atoms with van der Waals surface area (Å²) in [7, 11) is 0. The zero-order valence-corrected chi connectivity index (χ0v) is 18.8. The van der Waals surface area contributed by atoms with Crippen LogP contribution in [-0.2, 0) is 15.1 Å². The van der Waals surface area contributed by atoms with E-state index in [-0.39, 0.29) is 35.9 Å². The number of ketones is 1. The molecule has 2 saturated carbocycles. The van der Waals surface area contributed by atoms with Crippen molar-refractivity contribution in [1.29, 1.82) is 0 Å². The standard InChI is InChI=1S/C24H22Cl2FN3O2.CH4/c25-13-6-7-15-16(10-13)29-23(32)24(15)20(14-8-9-28-22(26)21(14)27)19-17(2-1-3-18(19)31)30(24)11-12-4-5-12;/h6-10,12,17,19-20H,1-5,11H2,(H,29,32);1H4/t17-,19-,20-,24+;/m0./s1. The minimum absolute atomic E-state index is 0.